The zero-order valence-electron chi connectivity index (χ0n) is 8.86. The van der Waals surface area contributed by atoms with Crippen LogP contribution in [0.25, 0.3) is 5.57 Å². The molecule has 1 aliphatic rings. The molecular weight excluding hydrogens is 297 g/mol. The minimum Gasteiger partial charge on any atom is -1.00 e. The maximum atomic E-state index is 2.28. The van der Waals surface area contributed by atoms with Gasteiger partial charge < -0.3 is 28.9 Å². The number of nitrogens with zero attached hydrogens (tertiary/aromatic N) is 1. The summed E-state index contributed by atoms with van der Waals surface area (Å²) in [5.74, 6) is 0. The summed E-state index contributed by atoms with van der Waals surface area (Å²) in [6.07, 6.45) is 6.63. The highest BCUT2D eigenvalue weighted by molar-refractivity contribution is 5.74. The fourth-order valence-electron chi connectivity index (χ4n) is 1.61. The topological polar surface area (TPSA) is 3.24 Å². The van der Waals surface area contributed by atoms with Gasteiger partial charge in [-0.25, -0.2) is 0 Å². The van der Waals surface area contributed by atoms with E-state index >= 15 is 0 Å². The van der Waals surface area contributed by atoms with Crippen molar-refractivity contribution in [1.29, 1.82) is 0 Å². The van der Waals surface area contributed by atoms with Gasteiger partial charge in [-0.3, -0.25) is 0 Å². The number of benzene rings is 1. The molecule has 0 unspecified atom stereocenters. The summed E-state index contributed by atoms with van der Waals surface area (Å²) < 4.78 is 0. The SMILES string of the molecule is CCN1C=CC(c2ccccc2)=CC1.[I-]. The van der Waals surface area contributed by atoms with Crippen LogP contribution in [0.2, 0.25) is 0 Å². The van der Waals surface area contributed by atoms with Gasteiger partial charge in [-0.15, -0.1) is 0 Å². The first-order valence-corrected chi connectivity index (χ1v) is 5.08. The molecule has 0 bridgehead atoms. The molecular formula is C13H15IN-. The largest absolute Gasteiger partial charge is 1.00 e. The third kappa shape index (κ3) is 3.09. The summed E-state index contributed by atoms with van der Waals surface area (Å²) in [4.78, 5) is 2.28. The molecule has 1 heterocycles. The zero-order chi connectivity index (χ0) is 9.80. The fraction of sp³-hybridized carbons (Fsp3) is 0.231. The van der Waals surface area contributed by atoms with E-state index in [4.69, 9.17) is 0 Å². The van der Waals surface area contributed by atoms with E-state index in [1.807, 2.05) is 0 Å². The maximum Gasteiger partial charge on any atom is 0.0362 e. The van der Waals surface area contributed by atoms with E-state index in [1.165, 1.54) is 11.1 Å². The highest BCUT2D eigenvalue weighted by Crippen LogP contribution is 2.18. The summed E-state index contributed by atoms with van der Waals surface area (Å²) in [5, 5.41) is 0. The molecule has 80 valence electrons. The number of halogens is 1. The molecule has 0 fully saturated rings. The normalized spacial score (nSPS) is 14.5. The van der Waals surface area contributed by atoms with Crippen molar-refractivity contribution in [2.24, 2.45) is 0 Å². The van der Waals surface area contributed by atoms with Crippen molar-refractivity contribution < 1.29 is 24.0 Å². The van der Waals surface area contributed by atoms with Crippen LogP contribution in [0.5, 0.6) is 0 Å². The predicted octanol–water partition coefficient (Wildman–Crippen LogP) is -0.0768. The van der Waals surface area contributed by atoms with Crippen molar-refractivity contribution >= 4 is 5.57 Å². The molecule has 0 amide bonds. The second kappa shape index (κ2) is 5.95. The minimum atomic E-state index is 0. The second-order valence-corrected chi connectivity index (χ2v) is 3.43. The Morgan fingerprint density at radius 3 is 2.47 bits per heavy atom. The molecule has 0 atom stereocenters. The standard InChI is InChI=1S/C13H15N.HI/c1-2-14-10-8-13(9-11-14)12-6-4-3-5-7-12;/h3-10H,2,11H2,1H3;1H/p-1. The summed E-state index contributed by atoms with van der Waals surface area (Å²) in [6.45, 7) is 4.28. The maximum absolute atomic E-state index is 2.28. The van der Waals surface area contributed by atoms with Gasteiger partial charge in [0.1, 0.15) is 0 Å². The summed E-state index contributed by atoms with van der Waals surface area (Å²) in [6, 6.07) is 10.5. The van der Waals surface area contributed by atoms with Crippen LogP contribution in [0.4, 0.5) is 0 Å². The molecule has 0 aliphatic carbocycles. The number of hydrogen-bond donors (Lipinski definition) is 0. The van der Waals surface area contributed by atoms with Crippen LogP contribution < -0.4 is 24.0 Å². The van der Waals surface area contributed by atoms with Gasteiger partial charge in [0.05, 0.1) is 0 Å². The first-order valence-electron chi connectivity index (χ1n) is 5.08. The van der Waals surface area contributed by atoms with Crippen LogP contribution in [0, 0.1) is 0 Å². The molecule has 1 aliphatic heterocycles. The van der Waals surface area contributed by atoms with E-state index in [0.29, 0.717) is 0 Å². The molecule has 2 heteroatoms. The first kappa shape index (κ1) is 12.3. The Bertz CT molecular complexity index is 354. The van der Waals surface area contributed by atoms with Gasteiger partial charge in [0, 0.05) is 13.1 Å². The Labute approximate surface area is 109 Å². The minimum absolute atomic E-state index is 0. The van der Waals surface area contributed by atoms with E-state index in [0.717, 1.165) is 13.1 Å². The molecule has 2 rings (SSSR count). The number of allylic oxidation sites excluding steroid dienone is 2. The third-order valence-electron chi connectivity index (χ3n) is 2.52. The van der Waals surface area contributed by atoms with Gasteiger partial charge in [0.2, 0.25) is 0 Å². The lowest BCUT2D eigenvalue weighted by molar-refractivity contribution is -0.00000282. The smallest absolute Gasteiger partial charge is 0.0362 e. The average molecular weight is 312 g/mol. The second-order valence-electron chi connectivity index (χ2n) is 3.43. The van der Waals surface area contributed by atoms with Gasteiger partial charge >= 0.3 is 0 Å². The van der Waals surface area contributed by atoms with Crippen molar-refractivity contribution in [3.8, 4) is 0 Å². The fourth-order valence-corrected chi connectivity index (χ4v) is 1.61. The lowest BCUT2D eigenvalue weighted by Crippen LogP contribution is -3.00. The summed E-state index contributed by atoms with van der Waals surface area (Å²) in [5.41, 5.74) is 2.63. The Kier molecular flexibility index (Phi) is 4.88. The van der Waals surface area contributed by atoms with Crippen molar-refractivity contribution in [1.82, 2.24) is 4.90 Å². The molecule has 0 radical (unpaired) electrons. The quantitative estimate of drug-likeness (QED) is 0.691. The molecule has 1 nitrogen and oxygen atoms in total. The van der Waals surface area contributed by atoms with Crippen LogP contribution in [-0.2, 0) is 0 Å². The molecule has 0 saturated carbocycles. The van der Waals surface area contributed by atoms with Gasteiger partial charge in [-0.05, 0) is 30.3 Å². The number of rotatable bonds is 2. The van der Waals surface area contributed by atoms with E-state index < -0.39 is 0 Å². The van der Waals surface area contributed by atoms with E-state index in [2.05, 4.69) is 60.5 Å². The number of likely N-dealkylation sites (N-methyl/N-ethyl adjacent to an activating group) is 1. The van der Waals surface area contributed by atoms with Gasteiger partial charge in [0.15, 0.2) is 0 Å². The van der Waals surface area contributed by atoms with E-state index in [9.17, 15) is 0 Å². The molecule has 15 heavy (non-hydrogen) atoms. The van der Waals surface area contributed by atoms with Crippen molar-refractivity contribution in [3.63, 3.8) is 0 Å². The highest BCUT2D eigenvalue weighted by atomic mass is 127. The van der Waals surface area contributed by atoms with Crippen LogP contribution in [0.15, 0.2) is 48.7 Å². The molecule has 1 aromatic carbocycles. The van der Waals surface area contributed by atoms with Crippen molar-refractivity contribution in [2.75, 3.05) is 13.1 Å². The van der Waals surface area contributed by atoms with Crippen LogP contribution in [0.1, 0.15) is 12.5 Å². The molecule has 0 N–H and O–H groups in total. The Morgan fingerprint density at radius 2 is 1.93 bits per heavy atom. The lowest BCUT2D eigenvalue weighted by Gasteiger charge is -2.20. The monoisotopic (exact) mass is 312 g/mol. The summed E-state index contributed by atoms with van der Waals surface area (Å²) >= 11 is 0. The Hall–Kier alpha value is -0.770. The van der Waals surface area contributed by atoms with Gasteiger partial charge in [-0.1, -0.05) is 36.4 Å². The third-order valence-corrected chi connectivity index (χ3v) is 2.52. The van der Waals surface area contributed by atoms with Gasteiger partial charge in [-0.2, -0.15) is 0 Å². The van der Waals surface area contributed by atoms with E-state index in [-0.39, 0.29) is 24.0 Å². The van der Waals surface area contributed by atoms with Crippen molar-refractivity contribution in [2.45, 2.75) is 6.92 Å². The van der Waals surface area contributed by atoms with Crippen molar-refractivity contribution in [3.05, 3.63) is 54.2 Å². The molecule has 0 spiro atoms. The van der Waals surface area contributed by atoms with Crippen LogP contribution in [-0.4, -0.2) is 18.0 Å². The molecule has 0 aromatic heterocycles. The highest BCUT2D eigenvalue weighted by Gasteiger charge is 2.03. The predicted molar refractivity (Wildman–Crippen MR) is 60.8 cm³/mol. The Balaban J connectivity index is 0.00000112. The number of hydrogen-bond acceptors (Lipinski definition) is 1. The summed E-state index contributed by atoms with van der Waals surface area (Å²) in [7, 11) is 0. The zero-order valence-corrected chi connectivity index (χ0v) is 11.0. The lowest BCUT2D eigenvalue weighted by atomic mass is 10.0. The van der Waals surface area contributed by atoms with E-state index in [1.54, 1.807) is 0 Å². The average Bonchev–Trinajstić information content (AvgIpc) is 2.30. The van der Waals surface area contributed by atoms with Gasteiger partial charge in [0.25, 0.3) is 0 Å². The first-order chi connectivity index (χ1) is 6.90. The Morgan fingerprint density at radius 1 is 1.20 bits per heavy atom. The van der Waals surface area contributed by atoms with Crippen LogP contribution >= 0.6 is 0 Å². The molecule has 1 aromatic rings. The molecule has 0 saturated heterocycles. The van der Waals surface area contributed by atoms with Crippen LogP contribution in [0.3, 0.4) is 0 Å².